The molecular weight excluding hydrogens is 172 g/mol. The summed E-state index contributed by atoms with van der Waals surface area (Å²) in [5.41, 5.74) is 0. The van der Waals surface area contributed by atoms with Gasteiger partial charge >= 0.3 is 5.97 Å². The first-order valence-corrected chi connectivity index (χ1v) is 3.06. The van der Waals surface area contributed by atoms with Crippen LogP contribution in [0.5, 0.6) is 0 Å². The highest BCUT2D eigenvalue weighted by Gasteiger charge is 2.36. The van der Waals surface area contributed by atoms with E-state index >= 15 is 0 Å². The van der Waals surface area contributed by atoms with Crippen molar-refractivity contribution in [1.82, 2.24) is 0 Å². The lowest BCUT2D eigenvalue weighted by molar-refractivity contribution is -0.164. The molecule has 0 bridgehead atoms. The Kier molecular flexibility index (Phi) is 3.29. The molecule has 0 aromatic heterocycles. The van der Waals surface area contributed by atoms with Crippen molar-refractivity contribution in [2.75, 3.05) is 6.61 Å². The van der Waals surface area contributed by atoms with E-state index in [9.17, 15) is 4.79 Å². The van der Waals surface area contributed by atoms with Crippen molar-refractivity contribution in [2.24, 2.45) is 0 Å². The van der Waals surface area contributed by atoms with Gasteiger partial charge in [0.25, 0.3) is 0 Å². The lowest BCUT2D eigenvalue weighted by Crippen LogP contribution is -2.26. The molecule has 11 heavy (non-hydrogen) atoms. The molecule has 0 radical (unpaired) electrons. The van der Waals surface area contributed by atoms with Crippen LogP contribution in [0.3, 0.4) is 0 Å². The second-order valence-corrected chi connectivity index (χ2v) is 2.66. The van der Waals surface area contributed by atoms with Crippen LogP contribution >= 0.6 is 12.4 Å². The molecule has 0 aromatic rings. The predicted molar refractivity (Wildman–Crippen MR) is 39.8 cm³/mol. The maximum Gasteiger partial charge on any atom is 0.335 e. The van der Waals surface area contributed by atoms with E-state index in [4.69, 9.17) is 14.6 Å². The van der Waals surface area contributed by atoms with Crippen molar-refractivity contribution in [3.63, 3.8) is 0 Å². The van der Waals surface area contributed by atoms with Crippen molar-refractivity contribution in [2.45, 2.75) is 25.7 Å². The van der Waals surface area contributed by atoms with Gasteiger partial charge in [-0.3, -0.25) is 0 Å². The summed E-state index contributed by atoms with van der Waals surface area (Å²) in [5, 5.41) is 8.44. The molecule has 0 amide bonds. The highest BCUT2D eigenvalue weighted by atomic mass is 35.5. The molecule has 1 aliphatic heterocycles. The molecule has 0 spiro atoms. The van der Waals surface area contributed by atoms with E-state index in [-0.39, 0.29) is 19.0 Å². The van der Waals surface area contributed by atoms with E-state index in [1.165, 1.54) is 0 Å². The Hall–Kier alpha value is -0.320. The van der Waals surface area contributed by atoms with Crippen molar-refractivity contribution < 1.29 is 19.4 Å². The largest absolute Gasteiger partial charge is 0.479 e. The fourth-order valence-electron chi connectivity index (χ4n) is 0.809. The van der Waals surface area contributed by atoms with Crippen LogP contribution in [-0.4, -0.2) is 29.6 Å². The molecule has 0 aromatic carbocycles. The van der Waals surface area contributed by atoms with Gasteiger partial charge < -0.3 is 14.6 Å². The Morgan fingerprint density at radius 3 is 2.36 bits per heavy atom. The molecule has 5 heteroatoms. The van der Waals surface area contributed by atoms with Gasteiger partial charge in [-0.1, -0.05) is 0 Å². The number of rotatable bonds is 1. The Bertz CT molecular complexity index is 157. The summed E-state index contributed by atoms with van der Waals surface area (Å²) in [4.78, 5) is 10.3. The van der Waals surface area contributed by atoms with Crippen LogP contribution in [0.15, 0.2) is 0 Å². The number of ether oxygens (including phenoxy) is 2. The summed E-state index contributed by atoms with van der Waals surface area (Å²) in [6, 6.07) is 0. The molecule has 1 N–H and O–H groups in total. The van der Waals surface area contributed by atoms with Gasteiger partial charge in [-0.2, -0.15) is 0 Å². The minimum Gasteiger partial charge on any atom is -0.479 e. The van der Waals surface area contributed by atoms with Gasteiger partial charge in [0.15, 0.2) is 11.9 Å². The van der Waals surface area contributed by atoms with Crippen LogP contribution in [-0.2, 0) is 14.3 Å². The number of carbonyl (C=O) groups is 1. The highest BCUT2D eigenvalue weighted by molar-refractivity contribution is 5.85. The van der Waals surface area contributed by atoms with Crippen LogP contribution in [0.1, 0.15) is 13.8 Å². The SMILES string of the molecule is CC1(C)OCC(C(=O)O)O1.Cl. The number of carboxylic acids is 1. The highest BCUT2D eigenvalue weighted by Crippen LogP contribution is 2.21. The topological polar surface area (TPSA) is 55.8 Å². The second-order valence-electron chi connectivity index (χ2n) is 2.66. The van der Waals surface area contributed by atoms with Gasteiger partial charge in [0.05, 0.1) is 6.61 Å². The lowest BCUT2D eigenvalue weighted by Gasteiger charge is -2.15. The van der Waals surface area contributed by atoms with E-state index in [0.717, 1.165) is 0 Å². The third-order valence-corrected chi connectivity index (χ3v) is 1.28. The Balaban J connectivity index is 0.000001000. The quantitative estimate of drug-likeness (QED) is 0.647. The van der Waals surface area contributed by atoms with Crippen LogP contribution in [0.25, 0.3) is 0 Å². The number of hydrogen-bond donors (Lipinski definition) is 1. The molecule has 1 fully saturated rings. The normalized spacial score (nSPS) is 27.6. The van der Waals surface area contributed by atoms with Gasteiger partial charge in [0, 0.05) is 0 Å². The predicted octanol–water partition coefficient (Wildman–Crippen LogP) is 0.644. The lowest BCUT2D eigenvalue weighted by atomic mass is 10.4. The zero-order chi connectivity index (χ0) is 7.78. The van der Waals surface area contributed by atoms with E-state index in [0.29, 0.717) is 0 Å². The van der Waals surface area contributed by atoms with Crippen molar-refractivity contribution in [3.8, 4) is 0 Å². The third kappa shape index (κ3) is 2.65. The summed E-state index contributed by atoms with van der Waals surface area (Å²) in [6.45, 7) is 3.52. The first-order valence-electron chi connectivity index (χ1n) is 3.06. The van der Waals surface area contributed by atoms with E-state index in [2.05, 4.69) is 0 Å². The van der Waals surface area contributed by atoms with Crippen LogP contribution in [0.2, 0.25) is 0 Å². The molecular formula is C6H11ClO4. The van der Waals surface area contributed by atoms with Crippen molar-refractivity contribution >= 4 is 18.4 Å². The molecule has 4 nitrogen and oxygen atoms in total. The second kappa shape index (κ2) is 3.38. The van der Waals surface area contributed by atoms with Crippen LogP contribution in [0.4, 0.5) is 0 Å². The monoisotopic (exact) mass is 182 g/mol. The molecule has 0 saturated carbocycles. The Labute approximate surface area is 70.9 Å². The first-order chi connectivity index (χ1) is 4.51. The third-order valence-electron chi connectivity index (χ3n) is 1.28. The number of aliphatic carboxylic acids is 1. The molecule has 1 heterocycles. The van der Waals surface area contributed by atoms with Crippen LogP contribution in [0, 0.1) is 0 Å². The van der Waals surface area contributed by atoms with E-state index in [1.807, 2.05) is 0 Å². The van der Waals surface area contributed by atoms with Gasteiger partial charge in [-0.05, 0) is 13.8 Å². The maximum absolute atomic E-state index is 10.3. The van der Waals surface area contributed by atoms with Crippen molar-refractivity contribution in [1.29, 1.82) is 0 Å². The zero-order valence-electron chi connectivity index (χ0n) is 6.36. The van der Waals surface area contributed by atoms with Crippen LogP contribution < -0.4 is 0 Å². The molecule has 1 atom stereocenters. The molecule has 0 aliphatic carbocycles. The van der Waals surface area contributed by atoms with Gasteiger partial charge in [-0.15, -0.1) is 12.4 Å². The van der Waals surface area contributed by atoms with E-state index in [1.54, 1.807) is 13.8 Å². The summed E-state index contributed by atoms with van der Waals surface area (Å²) in [6.07, 6.45) is -0.796. The fourth-order valence-corrected chi connectivity index (χ4v) is 0.809. The molecule has 1 aliphatic rings. The Morgan fingerprint density at radius 1 is 1.64 bits per heavy atom. The number of carboxylic acid groups (broad SMARTS) is 1. The average Bonchev–Trinajstić information content (AvgIpc) is 2.10. The zero-order valence-corrected chi connectivity index (χ0v) is 7.18. The molecule has 1 unspecified atom stereocenters. The summed E-state index contributed by atoms with van der Waals surface area (Å²) in [7, 11) is 0. The van der Waals surface area contributed by atoms with Gasteiger partial charge in [-0.25, -0.2) is 4.79 Å². The summed E-state index contributed by atoms with van der Waals surface area (Å²) >= 11 is 0. The maximum atomic E-state index is 10.3. The van der Waals surface area contributed by atoms with E-state index < -0.39 is 17.9 Å². The molecule has 1 saturated heterocycles. The summed E-state index contributed by atoms with van der Waals surface area (Å²) in [5.74, 6) is -1.70. The standard InChI is InChI=1S/C6H10O4.ClH/c1-6(2)9-3-4(10-6)5(7)8;/h4H,3H2,1-2H3,(H,7,8);1H. The summed E-state index contributed by atoms with van der Waals surface area (Å²) < 4.78 is 10.00. The molecule has 1 rings (SSSR count). The Morgan fingerprint density at radius 2 is 2.18 bits per heavy atom. The smallest absolute Gasteiger partial charge is 0.335 e. The molecule has 66 valence electrons. The first kappa shape index (κ1) is 10.7. The minimum atomic E-state index is -0.967. The number of hydrogen-bond acceptors (Lipinski definition) is 3. The van der Waals surface area contributed by atoms with Gasteiger partial charge in [0.1, 0.15) is 0 Å². The van der Waals surface area contributed by atoms with Crippen molar-refractivity contribution in [3.05, 3.63) is 0 Å². The van der Waals surface area contributed by atoms with Gasteiger partial charge in [0.2, 0.25) is 0 Å². The minimum absolute atomic E-state index is 0. The average molecular weight is 183 g/mol. The number of halogens is 1. The fraction of sp³-hybridized carbons (Fsp3) is 0.833.